The standard InChI is InChI=1S/C14H14ClNO2S2/c1-16(10-13-6-8-19-11-13)20(17,18)9-7-12-2-4-14(15)5-3-12/h2-9,11H,10H2,1H3. The summed E-state index contributed by atoms with van der Waals surface area (Å²) in [7, 11) is -1.85. The van der Waals surface area contributed by atoms with Gasteiger partial charge in [-0.25, -0.2) is 8.42 Å². The van der Waals surface area contributed by atoms with Crippen molar-refractivity contribution in [1.82, 2.24) is 4.31 Å². The third-order valence-electron chi connectivity index (χ3n) is 2.72. The summed E-state index contributed by atoms with van der Waals surface area (Å²) in [6.45, 7) is 0.372. The van der Waals surface area contributed by atoms with Crippen molar-refractivity contribution in [2.45, 2.75) is 6.54 Å². The summed E-state index contributed by atoms with van der Waals surface area (Å²) in [5, 5.41) is 5.70. The molecule has 2 rings (SSSR count). The van der Waals surface area contributed by atoms with E-state index in [2.05, 4.69) is 0 Å². The average Bonchev–Trinajstić information content (AvgIpc) is 2.91. The van der Waals surface area contributed by atoms with Crippen molar-refractivity contribution < 1.29 is 8.42 Å². The van der Waals surface area contributed by atoms with Crippen LogP contribution in [-0.2, 0) is 16.6 Å². The molecule has 1 aromatic carbocycles. The monoisotopic (exact) mass is 327 g/mol. The van der Waals surface area contributed by atoms with Crippen LogP contribution in [0.25, 0.3) is 6.08 Å². The molecular weight excluding hydrogens is 314 g/mol. The fourth-order valence-corrected chi connectivity index (χ4v) is 3.22. The van der Waals surface area contributed by atoms with Gasteiger partial charge in [0, 0.05) is 24.0 Å². The van der Waals surface area contributed by atoms with E-state index in [9.17, 15) is 8.42 Å². The number of nitrogens with zero attached hydrogens (tertiary/aromatic N) is 1. The fourth-order valence-electron chi connectivity index (χ4n) is 1.57. The summed E-state index contributed by atoms with van der Waals surface area (Å²) in [6, 6.07) is 8.91. The number of halogens is 1. The first-order valence-corrected chi connectivity index (χ1v) is 8.71. The zero-order valence-electron chi connectivity index (χ0n) is 10.9. The van der Waals surface area contributed by atoms with E-state index >= 15 is 0 Å². The molecular formula is C14H14ClNO2S2. The van der Waals surface area contributed by atoms with Gasteiger partial charge in [0.1, 0.15) is 0 Å². The van der Waals surface area contributed by atoms with E-state index in [1.54, 1.807) is 48.7 Å². The zero-order valence-corrected chi connectivity index (χ0v) is 13.3. The van der Waals surface area contributed by atoms with E-state index in [0.29, 0.717) is 11.6 Å². The molecule has 0 saturated heterocycles. The van der Waals surface area contributed by atoms with Crippen LogP contribution in [0.4, 0.5) is 0 Å². The molecule has 2 aromatic rings. The van der Waals surface area contributed by atoms with Crippen molar-refractivity contribution >= 4 is 39.0 Å². The second kappa shape index (κ2) is 6.54. The van der Waals surface area contributed by atoms with Gasteiger partial charge in [0.25, 0.3) is 0 Å². The summed E-state index contributed by atoms with van der Waals surface area (Å²) in [5.41, 5.74) is 1.78. The summed E-state index contributed by atoms with van der Waals surface area (Å²) < 4.78 is 25.5. The zero-order chi connectivity index (χ0) is 14.6. The first-order chi connectivity index (χ1) is 9.47. The molecule has 0 aliphatic carbocycles. The number of rotatable bonds is 5. The van der Waals surface area contributed by atoms with Gasteiger partial charge in [0.05, 0.1) is 0 Å². The molecule has 0 atom stereocenters. The van der Waals surface area contributed by atoms with Crippen molar-refractivity contribution in [3.8, 4) is 0 Å². The van der Waals surface area contributed by atoms with Gasteiger partial charge in [-0.2, -0.15) is 15.6 Å². The maximum atomic E-state index is 12.1. The first-order valence-electron chi connectivity index (χ1n) is 5.88. The van der Waals surface area contributed by atoms with Crippen LogP contribution in [0.1, 0.15) is 11.1 Å². The molecule has 0 bridgehead atoms. The van der Waals surface area contributed by atoms with Crippen molar-refractivity contribution in [3.05, 3.63) is 62.6 Å². The summed E-state index contributed by atoms with van der Waals surface area (Å²) in [6.07, 6.45) is 1.57. The Balaban J connectivity index is 2.08. The fraction of sp³-hybridized carbons (Fsp3) is 0.143. The Morgan fingerprint density at radius 2 is 1.95 bits per heavy atom. The Morgan fingerprint density at radius 3 is 2.55 bits per heavy atom. The Kier molecular flexibility index (Phi) is 4.99. The van der Waals surface area contributed by atoms with Gasteiger partial charge in [0.15, 0.2) is 0 Å². The molecule has 1 heterocycles. The molecule has 0 spiro atoms. The predicted octanol–water partition coefficient (Wildman–Crippen LogP) is 3.83. The first kappa shape index (κ1) is 15.3. The number of thiophene rings is 1. The van der Waals surface area contributed by atoms with E-state index in [1.165, 1.54) is 9.71 Å². The molecule has 0 aliphatic heterocycles. The van der Waals surface area contributed by atoms with Crippen LogP contribution in [0.2, 0.25) is 5.02 Å². The van der Waals surface area contributed by atoms with Gasteiger partial charge in [-0.05, 0) is 46.2 Å². The highest BCUT2D eigenvalue weighted by atomic mass is 35.5. The maximum absolute atomic E-state index is 12.1. The Hall–Kier alpha value is -1.14. The van der Waals surface area contributed by atoms with Crippen molar-refractivity contribution in [2.24, 2.45) is 0 Å². The Morgan fingerprint density at radius 1 is 1.25 bits per heavy atom. The van der Waals surface area contributed by atoms with Crippen LogP contribution in [0.3, 0.4) is 0 Å². The molecule has 0 radical (unpaired) electrons. The summed E-state index contributed by atoms with van der Waals surface area (Å²) in [5.74, 6) is 0. The van der Waals surface area contributed by atoms with Gasteiger partial charge in [0.2, 0.25) is 10.0 Å². The molecule has 3 nitrogen and oxygen atoms in total. The lowest BCUT2D eigenvalue weighted by Gasteiger charge is -2.13. The van der Waals surface area contributed by atoms with Crippen LogP contribution < -0.4 is 0 Å². The lowest BCUT2D eigenvalue weighted by Crippen LogP contribution is -2.23. The highest BCUT2D eigenvalue weighted by Crippen LogP contribution is 2.14. The number of sulfonamides is 1. The van der Waals surface area contributed by atoms with Crippen LogP contribution in [-0.4, -0.2) is 19.8 Å². The minimum absolute atomic E-state index is 0.372. The normalized spacial score (nSPS) is 12.3. The van der Waals surface area contributed by atoms with E-state index in [0.717, 1.165) is 11.1 Å². The van der Waals surface area contributed by atoms with E-state index in [-0.39, 0.29) is 0 Å². The third kappa shape index (κ3) is 4.18. The smallest absolute Gasteiger partial charge is 0.208 e. The molecule has 20 heavy (non-hydrogen) atoms. The molecule has 0 N–H and O–H groups in total. The van der Waals surface area contributed by atoms with Crippen LogP contribution >= 0.6 is 22.9 Å². The van der Waals surface area contributed by atoms with Gasteiger partial charge in [-0.1, -0.05) is 23.7 Å². The van der Waals surface area contributed by atoms with E-state index < -0.39 is 10.0 Å². The lowest BCUT2D eigenvalue weighted by atomic mass is 10.2. The third-order valence-corrected chi connectivity index (χ3v) is 5.18. The molecule has 106 valence electrons. The second-order valence-electron chi connectivity index (χ2n) is 4.29. The van der Waals surface area contributed by atoms with Gasteiger partial charge >= 0.3 is 0 Å². The molecule has 0 unspecified atom stereocenters. The van der Waals surface area contributed by atoms with Crippen LogP contribution in [0.5, 0.6) is 0 Å². The van der Waals surface area contributed by atoms with E-state index in [4.69, 9.17) is 11.6 Å². The maximum Gasteiger partial charge on any atom is 0.236 e. The minimum atomic E-state index is -3.42. The van der Waals surface area contributed by atoms with Crippen molar-refractivity contribution in [1.29, 1.82) is 0 Å². The lowest BCUT2D eigenvalue weighted by molar-refractivity contribution is 0.476. The molecule has 0 amide bonds. The molecule has 0 aliphatic rings. The minimum Gasteiger partial charge on any atom is -0.208 e. The molecule has 1 aromatic heterocycles. The Bertz CT molecular complexity index is 676. The average molecular weight is 328 g/mol. The molecule has 0 saturated carbocycles. The van der Waals surface area contributed by atoms with Crippen LogP contribution in [0.15, 0.2) is 46.5 Å². The SMILES string of the molecule is CN(Cc1ccsc1)S(=O)(=O)C=Cc1ccc(Cl)cc1. The summed E-state index contributed by atoms with van der Waals surface area (Å²) in [4.78, 5) is 0. The van der Waals surface area contributed by atoms with Gasteiger partial charge in [-0.15, -0.1) is 0 Å². The second-order valence-corrected chi connectivity index (χ2v) is 7.43. The topological polar surface area (TPSA) is 37.4 Å². The quantitative estimate of drug-likeness (QED) is 0.836. The number of hydrogen-bond acceptors (Lipinski definition) is 3. The highest BCUT2D eigenvalue weighted by molar-refractivity contribution is 7.92. The van der Waals surface area contributed by atoms with Crippen LogP contribution in [0, 0.1) is 0 Å². The van der Waals surface area contributed by atoms with Gasteiger partial charge < -0.3 is 0 Å². The largest absolute Gasteiger partial charge is 0.236 e. The summed E-state index contributed by atoms with van der Waals surface area (Å²) >= 11 is 7.33. The Labute approximate surface area is 128 Å². The molecule has 0 fully saturated rings. The number of benzene rings is 1. The molecule has 6 heteroatoms. The predicted molar refractivity (Wildman–Crippen MR) is 85.2 cm³/mol. The van der Waals surface area contributed by atoms with Crippen molar-refractivity contribution in [2.75, 3.05) is 7.05 Å². The highest BCUT2D eigenvalue weighted by Gasteiger charge is 2.14. The van der Waals surface area contributed by atoms with E-state index in [1.807, 2.05) is 16.8 Å². The van der Waals surface area contributed by atoms with Gasteiger partial charge in [-0.3, -0.25) is 0 Å². The number of hydrogen-bond donors (Lipinski definition) is 0. The van der Waals surface area contributed by atoms with Crippen molar-refractivity contribution in [3.63, 3.8) is 0 Å².